The standard InChI is InChI=1S/C19H15NO/c21-19(17-11-14-6-1-3-7-16(14)17)12-15-10-9-13-5-2-4-8-18(13)20-15/h1-10,17H,11-12H2. The average Bonchev–Trinajstić information content (AvgIpc) is 2.48. The van der Waals surface area contributed by atoms with Gasteiger partial charge in [-0.1, -0.05) is 48.5 Å². The number of ketones is 1. The number of carbonyl (C=O) groups is 1. The van der Waals surface area contributed by atoms with Crippen LogP contribution < -0.4 is 0 Å². The van der Waals surface area contributed by atoms with Crippen molar-refractivity contribution in [3.63, 3.8) is 0 Å². The molecule has 0 saturated carbocycles. The van der Waals surface area contributed by atoms with Crippen molar-refractivity contribution in [1.82, 2.24) is 4.98 Å². The van der Waals surface area contributed by atoms with Gasteiger partial charge in [0.15, 0.2) is 0 Å². The zero-order chi connectivity index (χ0) is 14.2. The van der Waals surface area contributed by atoms with Gasteiger partial charge in [0.1, 0.15) is 5.78 Å². The second-order valence-corrected chi connectivity index (χ2v) is 5.59. The van der Waals surface area contributed by atoms with E-state index in [2.05, 4.69) is 17.1 Å². The third-order valence-corrected chi connectivity index (χ3v) is 4.25. The molecule has 2 aromatic carbocycles. The first-order valence-corrected chi connectivity index (χ1v) is 7.26. The Morgan fingerprint density at radius 1 is 1.00 bits per heavy atom. The zero-order valence-electron chi connectivity index (χ0n) is 11.6. The molecule has 1 heterocycles. The number of fused-ring (bicyclic) bond motifs is 2. The molecule has 0 bridgehead atoms. The molecule has 0 N–H and O–H groups in total. The van der Waals surface area contributed by atoms with Gasteiger partial charge < -0.3 is 0 Å². The number of benzene rings is 2. The van der Waals surface area contributed by atoms with Crippen molar-refractivity contribution in [3.8, 4) is 0 Å². The second kappa shape index (κ2) is 4.81. The zero-order valence-corrected chi connectivity index (χ0v) is 11.6. The van der Waals surface area contributed by atoms with Crippen LogP contribution in [0.25, 0.3) is 10.9 Å². The highest BCUT2D eigenvalue weighted by atomic mass is 16.1. The Labute approximate surface area is 123 Å². The molecule has 0 fully saturated rings. The first-order chi connectivity index (χ1) is 10.3. The van der Waals surface area contributed by atoms with E-state index in [-0.39, 0.29) is 11.7 Å². The first kappa shape index (κ1) is 12.3. The molecule has 2 heteroatoms. The van der Waals surface area contributed by atoms with Crippen LogP contribution in [-0.4, -0.2) is 10.8 Å². The van der Waals surface area contributed by atoms with Gasteiger partial charge in [0, 0.05) is 23.4 Å². The summed E-state index contributed by atoms with van der Waals surface area (Å²) < 4.78 is 0. The first-order valence-electron chi connectivity index (χ1n) is 7.26. The average molecular weight is 273 g/mol. The van der Waals surface area contributed by atoms with Gasteiger partial charge in [-0.15, -0.1) is 0 Å². The second-order valence-electron chi connectivity index (χ2n) is 5.59. The molecule has 2 nitrogen and oxygen atoms in total. The van der Waals surface area contributed by atoms with E-state index >= 15 is 0 Å². The molecular weight excluding hydrogens is 258 g/mol. The fourth-order valence-electron chi connectivity index (χ4n) is 3.05. The van der Waals surface area contributed by atoms with E-state index in [0.717, 1.165) is 23.0 Å². The Hall–Kier alpha value is -2.48. The van der Waals surface area contributed by atoms with E-state index in [0.29, 0.717) is 6.42 Å². The Balaban J connectivity index is 1.57. The van der Waals surface area contributed by atoms with Crippen LogP contribution in [0, 0.1) is 0 Å². The van der Waals surface area contributed by atoms with E-state index < -0.39 is 0 Å². The van der Waals surface area contributed by atoms with Gasteiger partial charge in [-0.25, -0.2) is 0 Å². The van der Waals surface area contributed by atoms with Crippen molar-refractivity contribution < 1.29 is 4.79 Å². The van der Waals surface area contributed by atoms with Crippen LogP contribution in [0.1, 0.15) is 22.7 Å². The molecule has 102 valence electrons. The minimum atomic E-state index is 0.0643. The number of para-hydroxylation sites is 1. The summed E-state index contributed by atoms with van der Waals surface area (Å²) in [5.74, 6) is 0.339. The smallest absolute Gasteiger partial charge is 0.146 e. The summed E-state index contributed by atoms with van der Waals surface area (Å²) in [6.07, 6.45) is 1.30. The minimum absolute atomic E-state index is 0.0643. The molecule has 0 aliphatic heterocycles. The van der Waals surface area contributed by atoms with Crippen molar-refractivity contribution in [2.75, 3.05) is 0 Å². The maximum atomic E-state index is 12.5. The molecule has 0 spiro atoms. The molecular formula is C19H15NO. The fraction of sp³-hybridized carbons (Fsp3) is 0.158. The van der Waals surface area contributed by atoms with Gasteiger partial charge in [0.05, 0.1) is 5.52 Å². The van der Waals surface area contributed by atoms with Crippen molar-refractivity contribution in [3.05, 3.63) is 77.5 Å². The van der Waals surface area contributed by atoms with Crippen molar-refractivity contribution in [1.29, 1.82) is 0 Å². The molecule has 1 unspecified atom stereocenters. The van der Waals surface area contributed by atoms with Crippen LogP contribution in [0.15, 0.2) is 60.7 Å². The lowest BCUT2D eigenvalue weighted by molar-refractivity contribution is -0.120. The molecule has 1 aliphatic rings. The van der Waals surface area contributed by atoms with Crippen LogP contribution in [0.5, 0.6) is 0 Å². The van der Waals surface area contributed by atoms with E-state index in [1.54, 1.807) is 0 Å². The summed E-state index contributed by atoms with van der Waals surface area (Å²) in [7, 11) is 0. The summed E-state index contributed by atoms with van der Waals surface area (Å²) in [6, 6.07) is 20.2. The molecule has 0 amide bonds. The van der Waals surface area contributed by atoms with Crippen LogP contribution >= 0.6 is 0 Å². The minimum Gasteiger partial charge on any atom is -0.299 e. The van der Waals surface area contributed by atoms with E-state index in [9.17, 15) is 4.79 Å². The number of hydrogen-bond acceptors (Lipinski definition) is 2. The fourth-order valence-corrected chi connectivity index (χ4v) is 3.05. The van der Waals surface area contributed by atoms with Crippen molar-refractivity contribution in [2.24, 2.45) is 0 Å². The molecule has 3 aromatic rings. The van der Waals surface area contributed by atoms with Gasteiger partial charge in [-0.05, 0) is 29.7 Å². The monoisotopic (exact) mass is 273 g/mol. The van der Waals surface area contributed by atoms with Crippen LogP contribution in [0.4, 0.5) is 0 Å². The lowest BCUT2D eigenvalue weighted by Gasteiger charge is -2.28. The van der Waals surface area contributed by atoms with Crippen LogP contribution in [0.3, 0.4) is 0 Å². The summed E-state index contributed by atoms with van der Waals surface area (Å²) in [5.41, 5.74) is 4.32. The Morgan fingerprint density at radius 2 is 1.81 bits per heavy atom. The Bertz CT molecular complexity index is 838. The normalized spacial score (nSPS) is 16.3. The van der Waals surface area contributed by atoms with Gasteiger partial charge >= 0.3 is 0 Å². The number of hydrogen-bond donors (Lipinski definition) is 0. The number of Topliss-reactive ketones (excluding diaryl/α,β-unsaturated/α-hetero) is 1. The molecule has 0 radical (unpaired) electrons. The van der Waals surface area contributed by atoms with Gasteiger partial charge in [-0.3, -0.25) is 9.78 Å². The van der Waals surface area contributed by atoms with Gasteiger partial charge in [0.2, 0.25) is 0 Å². The summed E-state index contributed by atoms with van der Waals surface area (Å²) in [4.78, 5) is 17.0. The van der Waals surface area contributed by atoms with Crippen molar-refractivity contribution >= 4 is 16.7 Å². The van der Waals surface area contributed by atoms with Gasteiger partial charge in [0.25, 0.3) is 0 Å². The van der Waals surface area contributed by atoms with Gasteiger partial charge in [-0.2, -0.15) is 0 Å². The van der Waals surface area contributed by atoms with Crippen LogP contribution in [0.2, 0.25) is 0 Å². The predicted octanol–water partition coefficient (Wildman–Crippen LogP) is 3.69. The van der Waals surface area contributed by atoms with Crippen LogP contribution in [-0.2, 0) is 17.6 Å². The molecule has 0 saturated heterocycles. The topological polar surface area (TPSA) is 30.0 Å². The van der Waals surface area contributed by atoms with E-state index in [4.69, 9.17) is 0 Å². The quantitative estimate of drug-likeness (QED) is 0.728. The number of aromatic nitrogens is 1. The van der Waals surface area contributed by atoms with E-state index in [1.165, 1.54) is 11.1 Å². The number of carbonyl (C=O) groups excluding carboxylic acids is 1. The summed E-state index contributed by atoms with van der Waals surface area (Å²) >= 11 is 0. The highest BCUT2D eigenvalue weighted by Gasteiger charge is 2.31. The largest absolute Gasteiger partial charge is 0.299 e. The lowest BCUT2D eigenvalue weighted by atomic mass is 9.74. The summed E-state index contributed by atoms with van der Waals surface area (Å²) in [6.45, 7) is 0. The van der Waals surface area contributed by atoms with Crippen molar-refractivity contribution in [2.45, 2.75) is 18.8 Å². The molecule has 4 rings (SSSR count). The Morgan fingerprint density at radius 3 is 2.71 bits per heavy atom. The maximum absolute atomic E-state index is 12.5. The molecule has 1 atom stereocenters. The maximum Gasteiger partial charge on any atom is 0.146 e. The Kier molecular flexibility index (Phi) is 2.81. The SMILES string of the molecule is O=C(Cc1ccc2ccccc2n1)C1Cc2ccccc21. The number of rotatable bonds is 3. The molecule has 1 aromatic heterocycles. The highest BCUT2D eigenvalue weighted by molar-refractivity contribution is 5.90. The number of pyridine rings is 1. The molecule has 1 aliphatic carbocycles. The third-order valence-electron chi connectivity index (χ3n) is 4.25. The lowest BCUT2D eigenvalue weighted by Crippen LogP contribution is -2.26. The number of nitrogens with zero attached hydrogens (tertiary/aromatic N) is 1. The molecule has 21 heavy (non-hydrogen) atoms. The highest BCUT2D eigenvalue weighted by Crippen LogP contribution is 2.36. The van der Waals surface area contributed by atoms with E-state index in [1.807, 2.05) is 48.5 Å². The predicted molar refractivity (Wildman–Crippen MR) is 83.3 cm³/mol. The third kappa shape index (κ3) is 2.13. The summed E-state index contributed by atoms with van der Waals surface area (Å²) in [5, 5.41) is 1.11.